The molecule has 12 aromatic rings. The molecule has 0 spiro atoms. The van der Waals surface area contributed by atoms with Gasteiger partial charge < -0.3 is 14.9 Å². The summed E-state index contributed by atoms with van der Waals surface area (Å²) in [5, 5.41) is 6.47. The molecule has 0 aliphatic rings. The van der Waals surface area contributed by atoms with E-state index >= 15 is 0 Å². The lowest BCUT2D eigenvalue weighted by atomic mass is 10.1. The molecule has 0 amide bonds. The monoisotopic (exact) mass is 978 g/mol. The summed E-state index contributed by atoms with van der Waals surface area (Å²) in [4.78, 5) is 23.6. The second-order valence-electron chi connectivity index (χ2n) is 18.2. The van der Waals surface area contributed by atoms with Crippen LogP contribution < -0.4 is 5.73 Å². The van der Waals surface area contributed by atoms with Crippen molar-refractivity contribution in [1.82, 2.24) is 43.2 Å². The first-order chi connectivity index (χ1) is 36.9. The van der Waals surface area contributed by atoms with Gasteiger partial charge in [-0.3, -0.25) is 29.1 Å². The van der Waals surface area contributed by atoms with Gasteiger partial charge in [0.2, 0.25) is 0 Å². The average molecular weight is 979 g/mol. The molecule has 0 atom stereocenters. The molecule has 12 rings (SSSR count). The number of nitrogens with zero attached hydrogens (tertiary/aromatic N) is 9. The summed E-state index contributed by atoms with van der Waals surface area (Å²) in [5.41, 5.74) is 22.7. The number of hydrogen-bond acceptors (Lipinski definition) is 6. The van der Waals surface area contributed by atoms with E-state index in [0.717, 1.165) is 135 Å². The van der Waals surface area contributed by atoms with E-state index in [4.69, 9.17) is 10.7 Å². The minimum absolute atomic E-state index is 0.576. The van der Waals surface area contributed by atoms with E-state index in [-0.39, 0.29) is 0 Å². The molecule has 9 aromatic heterocycles. The summed E-state index contributed by atoms with van der Waals surface area (Å²) in [6.07, 6.45) is 32.6. The van der Waals surface area contributed by atoms with Crippen molar-refractivity contribution >= 4 is 95.2 Å². The van der Waals surface area contributed by atoms with Crippen molar-refractivity contribution in [2.24, 2.45) is 5.73 Å². The van der Waals surface area contributed by atoms with Crippen LogP contribution in [-0.4, -0.2) is 43.2 Å². The van der Waals surface area contributed by atoms with Gasteiger partial charge in [-0.15, -0.1) is 0 Å². The Morgan fingerprint density at radius 3 is 1.75 bits per heavy atom. The molecular formula is C65H58N10. The minimum Gasteiger partial charge on any atom is -0.385 e. The number of nitrogens with two attached hydrogens (primary N) is 1. The van der Waals surface area contributed by atoms with Crippen molar-refractivity contribution in [2.75, 3.05) is 0 Å². The highest BCUT2D eigenvalue weighted by Gasteiger charge is 2.21. The van der Waals surface area contributed by atoms with E-state index < -0.39 is 0 Å². The lowest BCUT2D eigenvalue weighted by Gasteiger charge is -2.15. The molecule has 2 N–H and O–H groups in total. The molecule has 3 aromatic carbocycles. The molecule has 0 bridgehead atoms. The van der Waals surface area contributed by atoms with Crippen LogP contribution in [0.1, 0.15) is 68.6 Å². The van der Waals surface area contributed by atoms with Crippen molar-refractivity contribution in [1.29, 1.82) is 0 Å². The van der Waals surface area contributed by atoms with Crippen LogP contribution in [0.2, 0.25) is 0 Å². The number of para-hydroxylation sites is 2. The molecule has 75 heavy (non-hydrogen) atoms. The quantitative estimate of drug-likeness (QED) is 0.115. The van der Waals surface area contributed by atoms with Crippen molar-refractivity contribution in [3.8, 4) is 22.8 Å². The molecular weight excluding hydrogens is 921 g/mol. The molecule has 0 radical (unpaired) electrons. The highest BCUT2D eigenvalue weighted by atomic mass is 15.1. The maximum atomic E-state index is 7.29. The van der Waals surface area contributed by atoms with Gasteiger partial charge in [0, 0.05) is 122 Å². The normalized spacial score (nSPS) is 12.4. The Labute approximate surface area is 436 Å². The van der Waals surface area contributed by atoms with Gasteiger partial charge in [0.25, 0.3) is 0 Å². The van der Waals surface area contributed by atoms with Crippen LogP contribution in [0.4, 0.5) is 0 Å². The van der Waals surface area contributed by atoms with Crippen molar-refractivity contribution in [3.05, 3.63) is 218 Å². The highest BCUT2D eigenvalue weighted by molar-refractivity contribution is 6.10. The molecule has 0 aliphatic heterocycles. The number of rotatable bonds is 13. The molecule has 0 saturated carbocycles. The first-order valence-electron chi connectivity index (χ1n) is 25.8. The molecule has 10 heteroatoms. The third-order valence-corrected chi connectivity index (χ3v) is 14.0. The van der Waals surface area contributed by atoms with E-state index in [0.29, 0.717) is 12.2 Å². The van der Waals surface area contributed by atoms with Crippen LogP contribution in [0.3, 0.4) is 0 Å². The van der Waals surface area contributed by atoms with Crippen LogP contribution in [-0.2, 0) is 6.42 Å². The first kappa shape index (κ1) is 47.9. The fourth-order valence-electron chi connectivity index (χ4n) is 10.6. The zero-order chi connectivity index (χ0) is 51.6. The van der Waals surface area contributed by atoms with E-state index in [2.05, 4.69) is 199 Å². The molecule has 0 saturated heterocycles. The van der Waals surface area contributed by atoms with Gasteiger partial charge in [-0.05, 0) is 80.3 Å². The predicted molar refractivity (Wildman–Crippen MR) is 315 cm³/mol. The van der Waals surface area contributed by atoms with Crippen molar-refractivity contribution in [3.63, 3.8) is 0 Å². The molecule has 0 fully saturated rings. The van der Waals surface area contributed by atoms with Gasteiger partial charge in [0.05, 0.1) is 50.2 Å². The van der Waals surface area contributed by atoms with Gasteiger partial charge in [-0.25, -0.2) is 4.98 Å². The van der Waals surface area contributed by atoms with Crippen molar-refractivity contribution in [2.45, 2.75) is 53.9 Å². The molecule has 368 valence electrons. The van der Waals surface area contributed by atoms with Crippen LogP contribution in [0, 0.1) is 6.92 Å². The molecule has 0 aliphatic carbocycles. The lowest BCUT2D eigenvalue weighted by Crippen LogP contribution is -2.08. The summed E-state index contributed by atoms with van der Waals surface area (Å²) in [7, 11) is 0. The Morgan fingerprint density at radius 1 is 0.573 bits per heavy atom. The highest BCUT2D eigenvalue weighted by Crippen LogP contribution is 2.38. The second-order valence-corrected chi connectivity index (χ2v) is 18.2. The summed E-state index contributed by atoms with van der Waals surface area (Å²) in [6.45, 7) is 14.8. The maximum Gasteiger partial charge on any atom is 0.140 e. The van der Waals surface area contributed by atoms with Crippen LogP contribution in [0.15, 0.2) is 190 Å². The number of benzene rings is 3. The van der Waals surface area contributed by atoms with Gasteiger partial charge in [0.15, 0.2) is 0 Å². The Hall–Kier alpha value is -9.41. The third-order valence-electron chi connectivity index (χ3n) is 14.0. The zero-order valence-electron chi connectivity index (χ0n) is 43.0. The molecule has 10 nitrogen and oxygen atoms in total. The summed E-state index contributed by atoms with van der Waals surface area (Å²) in [5.74, 6) is 1.39. The number of fused-ring (bicyclic) bond motifs is 8. The van der Waals surface area contributed by atoms with Crippen LogP contribution in [0.5, 0.6) is 0 Å². The number of allylic oxidation sites excluding steroid dienone is 5. The topological polar surface area (TPSA) is 110 Å². The maximum absolute atomic E-state index is 7.29. The summed E-state index contributed by atoms with van der Waals surface area (Å²) < 4.78 is 8.98. The van der Waals surface area contributed by atoms with Crippen LogP contribution >= 0.6 is 0 Å². The minimum atomic E-state index is 0.576. The van der Waals surface area contributed by atoms with Crippen LogP contribution in [0.25, 0.3) is 118 Å². The van der Waals surface area contributed by atoms with Crippen molar-refractivity contribution < 1.29 is 0 Å². The standard InChI is InChI=1S/C63H52N10.C2H6/c1-5-8-14-46-41(4)70(58-26-30-65-37-50(46)58)45-34-54(69-63(36-45)73-57-19-13-11-17-49(57)53-40-68-33-29-61(53)73)43-23-20-42(21-24-43)22-25-44(71-55(7-3)47(15-9-6-2)51-38-66-31-27-59(51)71)35-62(64)72-56-18-12-10-16-48(56)52-39-67-32-28-60(52)72;1-2/h7-21,23-40H,3,5-6,22,64H2,1-2,4H3;1-2H3/b14-8-,15-9-,44-25+,62-35+;. The van der Waals surface area contributed by atoms with Gasteiger partial charge >= 0.3 is 0 Å². The second kappa shape index (κ2) is 20.6. The van der Waals surface area contributed by atoms with Gasteiger partial charge in [0.1, 0.15) is 11.6 Å². The Bertz CT molecular complexity index is 4140. The predicted octanol–water partition coefficient (Wildman–Crippen LogP) is 15.8. The number of aromatic nitrogens is 9. The van der Waals surface area contributed by atoms with E-state index in [1.807, 2.05) is 81.6 Å². The number of hydrogen-bond donors (Lipinski definition) is 1. The lowest BCUT2D eigenvalue weighted by molar-refractivity contribution is 1.01. The third kappa shape index (κ3) is 8.40. The molecule has 9 heterocycles. The van der Waals surface area contributed by atoms with E-state index in [9.17, 15) is 0 Å². The largest absolute Gasteiger partial charge is 0.385 e. The van der Waals surface area contributed by atoms with E-state index in [1.165, 1.54) is 0 Å². The Kier molecular flexibility index (Phi) is 13.2. The smallest absolute Gasteiger partial charge is 0.140 e. The Morgan fingerprint density at radius 2 is 1.09 bits per heavy atom. The summed E-state index contributed by atoms with van der Waals surface area (Å²) >= 11 is 0. The van der Waals surface area contributed by atoms with E-state index in [1.54, 1.807) is 0 Å². The fraction of sp³-hybridized carbons (Fsp3) is 0.123. The van der Waals surface area contributed by atoms with Gasteiger partial charge in [-0.1, -0.05) is 125 Å². The average Bonchev–Trinajstić information content (AvgIpc) is 4.20. The Balaban J connectivity index is 0.00000298. The van der Waals surface area contributed by atoms with Gasteiger partial charge in [-0.2, -0.15) is 0 Å². The first-order valence-corrected chi connectivity index (χ1v) is 25.8. The zero-order valence-corrected chi connectivity index (χ0v) is 43.0. The fourth-order valence-corrected chi connectivity index (χ4v) is 10.6. The SMILES string of the molecule is C=Cc1c(/C=C\CC)c2cnccc2n1C(=C/Cc1ccc(-c2cc(-n3c(C)c(/C=C\CC)c4cnccc43)cc(-n3c4ccccc4c4cnccc43)n2)cc1)/C=C(\N)n1c2ccccc2c2cnccc21.CC. The number of pyridine rings is 5. The summed E-state index contributed by atoms with van der Waals surface area (Å²) in [6, 6.07) is 38.3. The molecule has 0 unspecified atom stereocenters.